The smallest absolute Gasteiger partial charge is 0.415 e. The summed E-state index contributed by atoms with van der Waals surface area (Å²) in [4.78, 5) is 1.27. The Bertz CT molecular complexity index is 628. The third kappa shape index (κ3) is 4.28. The number of aliphatic hydroxyl groups is 1. The fourth-order valence-electron chi connectivity index (χ4n) is 1.91. The predicted octanol–water partition coefficient (Wildman–Crippen LogP) is 2.40. The maximum Gasteiger partial charge on any atom is 0.415 e. The first-order valence-corrected chi connectivity index (χ1v) is 6.58. The van der Waals surface area contributed by atoms with E-state index in [1.165, 1.54) is 11.9 Å². The van der Waals surface area contributed by atoms with Gasteiger partial charge in [-0.3, -0.25) is 4.90 Å². The highest BCUT2D eigenvalue weighted by atomic mass is 19.4. The van der Waals surface area contributed by atoms with Crippen LogP contribution in [0.25, 0.3) is 11.5 Å². The topological polar surface area (TPSA) is 62.4 Å². The summed E-state index contributed by atoms with van der Waals surface area (Å²) in [6, 6.07) is 7.45. The fraction of sp³-hybridized carbons (Fsp3) is 0.429. The van der Waals surface area contributed by atoms with Crippen molar-refractivity contribution in [2.24, 2.45) is 0 Å². The van der Waals surface area contributed by atoms with Crippen LogP contribution in [0.4, 0.5) is 13.2 Å². The van der Waals surface area contributed by atoms with Gasteiger partial charge >= 0.3 is 6.18 Å². The molecule has 1 N–H and O–H groups in total. The number of alkyl halides is 3. The number of rotatable bonds is 5. The van der Waals surface area contributed by atoms with Gasteiger partial charge in [-0.05, 0) is 26.1 Å². The highest BCUT2D eigenvalue weighted by Crippen LogP contribution is 2.22. The molecule has 0 bridgehead atoms. The van der Waals surface area contributed by atoms with Gasteiger partial charge in [-0.15, -0.1) is 10.2 Å². The molecular weight excluding hydrogens is 299 g/mol. The lowest BCUT2D eigenvalue weighted by Gasteiger charge is -2.20. The van der Waals surface area contributed by atoms with E-state index in [9.17, 15) is 13.2 Å². The van der Waals surface area contributed by atoms with E-state index in [0.29, 0.717) is 5.89 Å². The summed E-state index contributed by atoms with van der Waals surface area (Å²) in [5, 5.41) is 16.7. The summed E-state index contributed by atoms with van der Waals surface area (Å²) in [6.07, 6.45) is -7.05. The molecule has 1 atom stereocenters. The molecular formula is C14H16F3N3O2. The second-order valence-electron chi connectivity index (χ2n) is 5.12. The Kier molecular flexibility index (Phi) is 4.82. The van der Waals surface area contributed by atoms with Crippen molar-refractivity contribution in [1.29, 1.82) is 0 Å². The van der Waals surface area contributed by atoms with Gasteiger partial charge in [0.05, 0.1) is 6.54 Å². The zero-order valence-electron chi connectivity index (χ0n) is 12.1. The van der Waals surface area contributed by atoms with Gasteiger partial charge in [0.2, 0.25) is 11.8 Å². The number of aryl methyl sites for hydroxylation is 1. The minimum atomic E-state index is -4.64. The maximum atomic E-state index is 12.3. The molecule has 0 aliphatic heterocycles. The molecule has 2 rings (SSSR count). The Morgan fingerprint density at radius 3 is 2.68 bits per heavy atom. The van der Waals surface area contributed by atoms with Crippen LogP contribution in [0.3, 0.4) is 0 Å². The van der Waals surface area contributed by atoms with E-state index >= 15 is 0 Å². The number of halogens is 3. The first kappa shape index (κ1) is 16.4. The molecule has 8 heteroatoms. The van der Waals surface area contributed by atoms with Crippen LogP contribution in [0.5, 0.6) is 0 Å². The third-order valence-corrected chi connectivity index (χ3v) is 3.00. The molecule has 22 heavy (non-hydrogen) atoms. The van der Waals surface area contributed by atoms with Crippen LogP contribution in [-0.2, 0) is 6.54 Å². The van der Waals surface area contributed by atoms with Crippen molar-refractivity contribution in [2.75, 3.05) is 13.6 Å². The van der Waals surface area contributed by atoms with Gasteiger partial charge in [0.25, 0.3) is 0 Å². The molecule has 0 aliphatic rings. The first-order chi connectivity index (χ1) is 10.3. The lowest BCUT2D eigenvalue weighted by atomic mass is 10.1. The Hall–Kier alpha value is -1.93. The van der Waals surface area contributed by atoms with Crippen molar-refractivity contribution in [3.8, 4) is 11.5 Å². The zero-order chi connectivity index (χ0) is 16.3. The van der Waals surface area contributed by atoms with Gasteiger partial charge in [-0.2, -0.15) is 13.2 Å². The molecule has 0 spiro atoms. The molecule has 5 nitrogen and oxygen atoms in total. The number of likely N-dealkylation sites (N-methyl/N-ethyl adjacent to an activating group) is 1. The van der Waals surface area contributed by atoms with Gasteiger partial charge < -0.3 is 9.52 Å². The van der Waals surface area contributed by atoms with Crippen molar-refractivity contribution in [1.82, 2.24) is 15.1 Å². The monoisotopic (exact) mass is 315 g/mol. The Labute approximate surface area is 125 Å². The summed E-state index contributed by atoms with van der Waals surface area (Å²) in [7, 11) is 1.44. The van der Waals surface area contributed by atoms with E-state index < -0.39 is 18.8 Å². The van der Waals surface area contributed by atoms with E-state index in [-0.39, 0.29) is 12.4 Å². The average Bonchev–Trinajstić information content (AvgIpc) is 2.86. The Morgan fingerprint density at radius 2 is 2.05 bits per heavy atom. The van der Waals surface area contributed by atoms with Crippen LogP contribution in [0, 0.1) is 6.92 Å². The van der Waals surface area contributed by atoms with Crippen LogP contribution in [0.2, 0.25) is 0 Å². The first-order valence-electron chi connectivity index (χ1n) is 6.58. The van der Waals surface area contributed by atoms with E-state index in [1.807, 2.05) is 25.1 Å². The van der Waals surface area contributed by atoms with E-state index in [2.05, 4.69) is 10.2 Å². The molecule has 0 radical (unpaired) electrons. The molecule has 1 aromatic carbocycles. The summed E-state index contributed by atoms with van der Waals surface area (Å²) >= 11 is 0. The number of aliphatic hydroxyl groups excluding tert-OH is 1. The second-order valence-corrected chi connectivity index (χ2v) is 5.12. The van der Waals surface area contributed by atoms with Gasteiger partial charge in [-0.25, -0.2) is 0 Å². The molecule has 0 amide bonds. The van der Waals surface area contributed by atoms with Crippen LogP contribution in [0.15, 0.2) is 28.7 Å². The normalized spacial score (nSPS) is 13.6. The van der Waals surface area contributed by atoms with Gasteiger partial charge in [0.1, 0.15) is 0 Å². The minimum absolute atomic E-state index is 0.0198. The highest BCUT2D eigenvalue weighted by molar-refractivity contribution is 5.53. The number of hydrogen-bond donors (Lipinski definition) is 1. The Balaban J connectivity index is 2.00. The summed E-state index contributed by atoms with van der Waals surface area (Å²) < 4.78 is 42.3. The number of benzene rings is 1. The van der Waals surface area contributed by atoms with Crippen molar-refractivity contribution in [3.05, 3.63) is 35.7 Å². The van der Waals surface area contributed by atoms with Crippen molar-refractivity contribution >= 4 is 0 Å². The largest absolute Gasteiger partial charge is 0.419 e. The second kappa shape index (κ2) is 6.45. The third-order valence-electron chi connectivity index (χ3n) is 3.00. The SMILES string of the molecule is Cc1cccc(-c2nnc(CN(C)CC(O)C(F)(F)F)o2)c1. The van der Waals surface area contributed by atoms with Crippen LogP contribution < -0.4 is 0 Å². The highest BCUT2D eigenvalue weighted by Gasteiger charge is 2.38. The van der Waals surface area contributed by atoms with Gasteiger partial charge in [0.15, 0.2) is 6.10 Å². The van der Waals surface area contributed by atoms with Crippen molar-refractivity contribution < 1.29 is 22.7 Å². The number of aromatic nitrogens is 2. The standard InChI is InChI=1S/C14H16F3N3O2/c1-9-4-3-5-10(6-9)13-19-18-12(22-13)8-20(2)7-11(21)14(15,16)17/h3-6,11,21H,7-8H2,1-2H3. The molecule has 0 aliphatic carbocycles. The number of hydrogen-bond acceptors (Lipinski definition) is 5. The Morgan fingerprint density at radius 1 is 1.32 bits per heavy atom. The summed E-state index contributed by atoms with van der Waals surface area (Å²) in [5.74, 6) is 0.497. The lowest BCUT2D eigenvalue weighted by molar-refractivity contribution is -0.207. The molecule has 0 saturated heterocycles. The molecule has 1 heterocycles. The summed E-state index contributed by atoms with van der Waals surface area (Å²) in [5.41, 5.74) is 1.78. The zero-order valence-corrected chi connectivity index (χ0v) is 12.1. The van der Waals surface area contributed by atoms with Crippen LogP contribution in [0.1, 0.15) is 11.5 Å². The predicted molar refractivity (Wildman–Crippen MR) is 72.9 cm³/mol. The van der Waals surface area contributed by atoms with Gasteiger partial charge in [0, 0.05) is 12.1 Å². The van der Waals surface area contributed by atoms with E-state index in [4.69, 9.17) is 9.52 Å². The summed E-state index contributed by atoms with van der Waals surface area (Å²) in [6.45, 7) is 1.38. The molecule has 0 fully saturated rings. The van der Waals surface area contributed by atoms with Crippen molar-refractivity contribution in [3.63, 3.8) is 0 Å². The molecule has 0 saturated carbocycles. The average molecular weight is 315 g/mol. The quantitative estimate of drug-likeness (QED) is 0.918. The van der Waals surface area contributed by atoms with Gasteiger partial charge in [-0.1, -0.05) is 17.7 Å². The molecule has 120 valence electrons. The minimum Gasteiger partial charge on any atom is -0.419 e. The molecule has 2 aromatic rings. The van der Waals surface area contributed by atoms with E-state index in [0.717, 1.165) is 11.1 Å². The lowest BCUT2D eigenvalue weighted by Crippen LogP contribution is -2.39. The molecule has 1 unspecified atom stereocenters. The van der Waals surface area contributed by atoms with Crippen LogP contribution >= 0.6 is 0 Å². The van der Waals surface area contributed by atoms with E-state index in [1.54, 1.807) is 6.07 Å². The fourth-order valence-corrected chi connectivity index (χ4v) is 1.91. The van der Waals surface area contributed by atoms with Crippen molar-refractivity contribution in [2.45, 2.75) is 25.7 Å². The number of nitrogens with zero attached hydrogens (tertiary/aromatic N) is 3. The maximum absolute atomic E-state index is 12.3. The van der Waals surface area contributed by atoms with Crippen LogP contribution in [-0.4, -0.2) is 46.1 Å². The molecule has 1 aromatic heterocycles.